The van der Waals surface area contributed by atoms with Crippen LogP contribution < -0.4 is 0 Å². The van der Waals surface area contributed by atoms with Crippen LogP contribution in [-0.2, 0) is 22.3 Å². The second-order valence-electron chi connectivity index (χ2n) is 5.70. The van der Waals surface area contributed by atoms with Gasteiger partial charge in [-0.3, -0.25) is 9.59 Å². The number of rotatable bonds is 9. The zero-order valence-electron chi connectivity index (χ0n) is 14.0. The van der Waals surface area contributed by atoms with Crippen molar-refractivity contribution < 1.29 is 27.9 Å². The Hall–Kier alpha value is -1.74. The molecule has 0 bridgehead atoms. The lowest BCUT2D eigenvalue weighted by molar-refractivity contribution is -0.137. The first-order valence-corrected chi connectivity index (χ1v) is 8.63. The monoisotopic (exact) mass is 378 g/mol. The quantitative estimate of drug-likeness (QED) is 0.715. The average molecular weight is 378 g/mol. The van der Waals surface area contributed by atoms with E-state index in [1.165, 1.54) is 17.0 Å². The number of hydrogen-bond donors (Lipinski definition) is 1. The lowest BCUT2D eigenvalue weighted by atomic mass is 10.1. The molecule has 0 radical (unpaired) electrons. The summed E-state index contributed by atoms with van der Waals surface area (Å²) in [5, 5.41) is 8.62. The minimum Gasteiger partial charge on any atom is -0.481 e. The molecule has 0 aliphatic rings. The van der Waals surface area contributed by atoms with E-state index < -0.39 is 17.7 Å². The molecular weight excluding hydrogens is 357 g/mol. The van der Waals surface area contributed by atoms with E-state index in [1.54, 1.807) is 0 Å². The fourth-order valence-electron chi connectivity index (χ4n) is 1.95. The Morgan fingerprint density at radius 1 is 1.08 bits per heavy atom. The highest BCUT2D eigenvalue weighted by Gasteiger charge is 2.30. The van der Waals surface area contributed by atoms with Gasteiger partial charge in [0.15, 0.2) is 0 Å². The van der Waals surface area contributed by atoms with Crippen LogP contribution in [0.15, 0.2) is 24.3 Å². The van der Waals surface area contributed by atoms with Gasteiger partial charge in [0.2, 0.25) is 5.91 Å². The van der Waals surface area contributed by atoms with Crippen LogP contribution in [0.25, 0.3) is 0 Å². The number of alkyl halides is 3. The summed E-state index contributed by atoms with van der Waals surface area (Å²) in [6, 6.07) is 4.68. The number of carboxylic acids is 1. The van der Waals surface area contributed by atoms with E-state index in [0.29, 0.717) is 18.7 Å². The third-order valence-corrected chi connectivity index (χ3v) is 4.18. The molecule has 1 rings (SSSR count). The molecule has 1 aromatic rings. The van der Waals surface area contributed by atoms with E-state index in [2.05, 4.69) is 0 Å². The Morgan fingerprint density at radius 2 is 1.68 bits per heavy atom. The van der Waals surface area contributed by atoms with Gasteiger partial charge >= 0.3 is 12.1 Å². The minimum absolute atomic E-state index is 0.0142. The number of aliphatic carboxylic acids is 1. The molecule has 1 amide bonds. The van der Waals surface area contributed by atoms with Gasteiger partial charge in [0.1, 0.15) is 0 Å². The van der Waals surface area contributed by atoms with Crippen LogP contribution in [0, 0.1) is 0 Å². The fraction of sp³-hybridized carbons (Fsp3) is 0.500. The normalized spacial score (nSPS) is 11.6. The summed E-state index contributed by atoms with van der Waals surface area (Å²) < 4.78 is 37.8. The average Bonchev–Trinajstić information content (AvgIpc) is 2.50. The van der Waals surface area contributed by atoms with E-state index >= 15 is 0 Å². The molecular formula is C16H21F3N2O3S. The number of carbonyl (C=O) groups excluding carboxylic acids is 1. The third kappa shape index (κ3) is 8.26. The molecule has 0 spiro atoms. The van der Waals surface area contributed by atoms with Gasteiger partial charge < -0.3 is 14.9 Å². The Balaban J connectivity index is 2.75. The van der Waals surface area contributed by atoms with Crippen LogP contribution in [0.1, 0.15) is 11.1 Å². The molecule has 0 aromatic heterocycles. The van der Waals surface area contributed by atoms with Crippen LogP contribution in [0.4, 0.5) is 13.2 Å². The van der Waals surface area contributed by atoms with E-state index in [9.17, 15) is 22.8 Å². The van der Waals surface area contributed by atoms with Crippen molar-refractivity contribution in [3.8, 4) is 0 Å². The van der Waals surface area contributed by atoms with E-state index in [4.69, 9.17) is 5.11 Å². The Kier molecular flexibility index (Phi) is 8.24. The molecule has 140 valence electrons. The van der Waals surface area contributed by atoms with E-state index in [-0.39, 0.29) is 24.0 Å². The summed E-state index contributed by atoms with van der Waals surface area (Å²) in [6.07, 6.45) is -4.40. The van der Waals surface area contributed by atoms with E-state index in [1.807, 2.05) is 19.0 Å². The lowest BCUT2D eigenvalue weighted by Gasteiger charge is -2.24. The minimum atomic E-state index is -4.40. The number of benzene rings is 1. The molecule has 0 aliphatic carbocycles. The van der Waals surface area contributed by atoms with Crippen LogP contribution >= 0.6 is 11.8 Å². The number of halogens is 3. The van der Waals surface area contributed by atoms with Gasteiger partial charge in [0.25, 0.3) is 0 Å². The number of amides is 1. The zero-order chi connectivity index (χ0) is 19.0. The maximum Gasteiger partial charge on any atom is 0.416 e. The van der Waals surface area contributed by atoms with Crippen LogP contribution in [0.2, 0.25) is 0 Å². The first kappa shape index (κ1) is 21.3. The van der Waals surface area contributed by atoms with Gasteiger partial charge in [-0.1, -0.05) is 12.1 Å². The summed E-state index contributed by atoms with van der Waals surface area (Å²) in [5.74, 6) is -1.40. The zero-order valence-corrected chi connectivity index (χ0v) is 14.9. The van der Waals surface area contributed by atoms with Crippen molar-refractivity contribution >= 4 is 23.6 Å². The number of carboxylic acid groups (broad SMARTS) is 1. The second-order valence-corrected chi connectivity index (χ2v) is 6.69. The Morgan fingerprint density at radius 3 is 2.16 bits per heavy atom. The van der Waals surface area contributed by atoms with Crippen LogP contribution in [0.3, 0.4) is 0 Å². The van der Waals surface area contributed by atoms with Gasteiger partial charge in [-0.05, 0) is 31.8 Å². The molecule has 0 aliphatic heterocycles. The first-order valence-electron chi connectivity index (χ1n) is 7.47. The molecule has 1 aromatic carbocycles. The smallest absolute Gasteiger partial charge is 0.416 e. The number of thioether (sulfide) groups is 1. The van der Waals surface area contributed by atoms with Gasteiger partial charge in [-0.2, -0.15) is 13.2 Å². The number of carbonyl (C=O) groups is 2. The van der Waals surface area contributed by atoms with Crippen LogP contribution in [0.5, 0.6) is 0 Å². The van der Waals surface area contributed by atoms with Crippen LogP contribution in [-0.4, -0.2) is 65.5 Å². The molecule has 0 saturated carbocycles. The summed E-state index contributed by atoms with van der Waals surface area (Å²) in [5.41, 5.74) is -0.150. The SMILES string of the molecule is CN(C)CCN(Cc1ccc(C(F)(F)F)cc1)C(=O)CSCC(=O)O. The summed E-state index contributed by atoms with van der Waals surface area (Å²) in [6.45, 7) is 1.18. The second kappa shape index (κ2) is 9.67. The lowest BCUT2D eigenvalue weighted by Crippen LogP contribution is -2.37. The number of hydrogen-bond acceptors (Lipinski definition) is 4. The molecule has 0 fully saturated rings. The third-order valence-electron chi connectivity index (χ3n) is 3.28. The molecule has 0 heterocycles. The maximum atomic E-state index is 12.6. The number of likely N-dealkylation sites (N-methyl/N-ethyl adjacent to an activating group) is 1. The van der Waals surface area contributed by atoms with Crippen molar-refractivity contribution in [3.05, 3.63) is 35.4 Å². The molecule has 1 N–H and O–H groups in total. The van der Waals surface area contributed by atoms with Gasteiger partial charge in [-0.25, -0.2) is 0 Å². The highest BCUT2D eigenvalue weighted by molar-refractivity contribution is 8.00. The molecule has 0 saturated heterocycles. The van der Waals surface area contributed by atoms with Crippen molar-refractivity contribution in [2.45, 2.75) is 12.7 Å². The van der Waals surface area contributed by atoms with Crippen molar-refractivity contribution in [2.75, 3.05) is 38.7 Å². The molecule has 0 unspecified atom stereocenters. The van der Waals surface area contributed by atoms with E-state index in [0.717, 1.165) is 23.9 Å². The summed E-state index contributed by atoms with van der Waals surface area (Å²) in [7, 11) is 3.69. The maximum absolute atomic E-state index is 12.6. The molecule has 25 heavy (non-hydrogen) atoms. The predicted octanol–water partition coefficient (Wildman–Crippen LogP) is 2.41. The standard InChI is InChI=1S/C16H21F3N2O3S/c1-20(2)7-8-21(14(22)10-25-11-15(23)24)9-12-3-5-13(6-4-12)16(17,18)19/h3-6H,7-11H2,1-2H3,(H,23,24). The van der Waals surface area contributed by atoms with Gasteiger partial charge in [-0.15, -0.1) is 11.8 Å². The fourth-order valence-corrected chi connectivity index (χ4v) is 2.58. The van der Waals surface area contributed by atoms with Crippen molar-refractivity contribution in [1.29, 1.82) is 0 Å². The highest BCUT2D eigenvalue weighted by atomic mass is 32.2. The number of nitrogens with zero attached hydrogens (tertiary/aromatic N) is 2. The predicted molar refractivity (Wildman–Crippen MR) is 90.4 cm³/mol. The topological polar surface area (TPSA) is 60.9 Å². The Labute approximate surface area is 148 Å². The summed E-state index contributed by atoms with van der Waals surface area (Å²) >= 11 is 0.995. The Bertz CT molecular complexity index is 577. The van der Waals surface area contributed by atoms with Gasteiger partial charge in [0, 0.05) is 19.6 Å². The first-order chi connectivity index (χ1) is 11.6. The van der Waals surface area contributed by atoms with Crippen molar-refractivity contribution in [3.63, 3.8) is 0 Å². The molecule has 9 heteroatoms. The van der Waals surface area contributed by atoms with Crippen molar-refractivity contribution in [2.24, 2.45) is 0 Å². The molecule has 0 atom stereocenters. The molecule has 5 nitrogen and oxygen atoms in total. The van der Waals surface area contributed by atoms with Gasteiger partial charge in [0.05, 0.1) is 17.1 Å². The summed E-state index contributed by atoms with van der Waals surface area (Å²) in [4.78, 5) is 26.2. The van der Waals surface area contributed by atoms with Crippen molar-refractivity contribution in [1.82, 2.24) is 9.80 Å². The highest BCUT2D eigenvalue weighted by Crippen LogP contribution is 2.29. The largest absolute Gasteiger partial charge is 0.481 e.